The van der Waals surface area contributed by atoms with Gasteiger partial charge in [-0.2, -0.15) is 0 Å². The van der Waals surface area contributed by atoms with Crippen LogP contribution in [0, 0.1) is 75.4 Å². The van der Waals surface area contributed by atoms with Crippen LogP contribution in [0.15, 0.2) is 47.1 Å². The lowest BCUT2D eigenvalue weighted by molar-refractivity contribution is -0.211. The Kier molecular flexibility index (Phi) is 16.3. The fourth-order valence-electron chi connectivity index (χ4n) is 17.6. The molecule has 6 fully saturated rings. The Morgan fingerprint density at radius 2 is 1.70 bits per heavy atom. The van der Waals surface area contributed by atoms with E-state index in [1.165, 1.54) is 22.3 Å². The molecule has 16 atom stereocenters. The number of ketones is 1. The molecule has 9 rings (SSSR count). The van der Waals surface area contributed by atoms with Crippen LogP contribution in [0.3, 0.4) is 0 Å². The Balaban J connectivity index is 0.861. The van der Waals surface area contributed by atoms with Crippen molar-refractivity contribution in [3.63, 3.8) is 0 Å². The van der Waals surface area contributed by atoms with Gasteiger partial charge in [-0.05, 0) is 211 Å². The summed E-state index contributed by atoms with van der Waals surface area (Å²) >= 11 is 0. The Labute approximate surface area is 453 Å². The van der Waals surface area contributed by atoms with E-state index in [1.807, 2.05) is 13.0 Å². The van der Waals surface area contributed by atoms with E-state index in [1.54, 1.807) is 20.8 Å². The highest BCUT2D eigenvalue weighted by atomic mass is 16.7. The zero-order chi connectivity index (χ0) is 54.5. The minimum absolute atomic E-state index is 0.0262. The number of aliphatic carboxylic acids is 1. The largest absolute Gasteiger partial charge is 0.508 e. The third kappa shape index (κ3) is 10.8. The summed E-state index contributed by atoms with van der Waals surface area (Å²) in [6.45, 7) is 17.9. The fraction of sp³-hybridized carbons (Fsp3) is 0.746. The average Bonchev–Trinajstić information content (AvgIpc) is 3.96. The van der Waals surface area contributed by atoms with Crippen molar-refractivity contribution >= 4 is 29.7 Å². The summed E-state index contributed by atoms with van der Waals surface area (Å²) in [6, 6.07) is 9.02. The second-order valence-electron chi connectivity index (χ2n) is 26.5. The van der Waals surface area contributed by atoms with Crippen molar-refractivity contribution in [2.24, 2.45) is 63.6 Å². The van der Waals surface area contributed by atoms with Crippen molar-refractivity contribution in [2.45, 2.75) is 200 Å². The number of fused-ring (bicyclic) bond motifs is 9. The first-order valence-corrected chi connectivity index (χ1v) is 29.3. The molecule has 0 aliphatic heterocycles. The number of hydrogen-bond acceptors (Lipinski definition) is 11. The van der Waals surface area contributed by atoms with Gasteiger partial charge in [0.05, 0.1) is 25.4 Å². The van der Waals surface area contributed by atoms with Crippen LogP contribution in [0.1, 0.15) is 176 Å². The van der Waals surface area contributed by atoms with Crippen molar-refractivity contribution in [1.29, 1.82) is 0 Å². The van der Waals surface area contributed by atoms with Crippen LogP contribution in [0.4, 0.5) is 15.3 Å². The number of anilines is 1. The van der Waals surface area contributed by atoms with Crippen molar-refractivity contribution in [2.75, 3.05) is 38.3 Å². The van der Waals surface area contributed by atoms with Crippen LogP contribution in [0.25, 0.3) is 0 Å². The molecular formula is C63H90N2O11. The summed E-state index contributed by atoms with van der Waals surface area (Å²) in [6.07, 6.45) is 12.4. The molecule has 418 valence electrons. The van der Waals surface area contributed by atoms with Gasteiger partial charge in [0, 0.05) is 55.9 Å². The van der Waals surface area contributed by atoms with Gasteiger partial charge in [-0.3, -0.25) is 9.59 Å². The normalized spacial score (nSPS) is 37.8. The zero-order valence-electron chi connectivity index (χ0n) is 47.2. The number of nitrogens with one attached hydrogen (secondary N) is 1. The second-order valence-corrected chi connectivity index (χ2v) is 26.5. The predicted molar refractivity (Wildman–Crippen MR) is 291 cm³/mol. The van der Waals surface area contributed by atoms with Gasteiger partial charge in [0.1, 0.15) is 17.3 Å². The fourth-order valence-corrected chi connectivity index (χ4v) is 17.6. The molecule has 2 unspecified atom stereocenters. The van der Waals surface area contributed by atoms with E-state index in [-0.39, 0.29) is 83.7 Å². The maximum absolute atomic E-state index is 13.6. The first kappa shape index (κ1) is 56.3. The van der Waals surface area contributed by atoms with Crippen molar-refractivity contribution in [3.05, 3.63) is 52.6 Å². The first-order valence-electron chi connectivity index (χ1n) is 29.3. The van der Waals surface area contributed by atoms with Crippen LogP contribution in [0.2, 0.25) is 0 Å². The molecule has 4 N–H and O–H groups in total. The number of hydrogen-bond donors (Lipinski definition) is 4. The van der Waals surface area contributed by atoms with E-state index in [0.29, 0.717) is 63.5 Å². The summed E-state index contributed by atoms with van der Waals surface area (Å²) in [5.41, 5.74) is 4.02. The highest BCUT2D eigenvalue weighted by Crippen LogP contribution is 2.70. The molecule has 13 heteroatoms. The van der Waals surface area contributed by atoms with Gasteiger partial charge in [0.2, 0.25) is 0 Å². The van der Waals surface area contributed by atoms with Crippen LogP contribution < -0.4 is 10.2 Å². The Morgan fingerprint density at radius 1 is 0.934 bits per heavy atom. The lowest BCUT2D eigenvalue weighted by Crippen LogP contribution is -2.63. The van der Waals surface area contributed by atoms with Gasteiger partial charge in [-0.1, -0.05) is 51.3 Å². The number of carbonyl (C=O) groups excluding carboxylic acids is 3. The number of nitrogens with zero attached hydrogens (tertiary/aromatic N) is 1. The SMILES string of the molecule is CC#C[C@]1(O)CCC2C3CCC4=CC(=O)CCC4=C3[C@@H](c3ccc(N(C)CCO[C@H]4CC[C@@]5(C)[C@@H](C4)C[C@@H](OC(=O)OCCCNC(=O)OC(C)(C)C)[C@@H]4[C@@H]5C[C@H](O)[C@]5(C)[C@@H]([C@H](C)CCC(=O)O)CC[C@@H]45)cc3)C[C@@]21C. The molecule has 1 aromatic rings. The number of aliphatic hydroxyl groups excluding tert-OH is 1. The highest BCUT2D eigenvalue weighted by Gasteiger charge is 2.67. The van der Waals surface area contributed by atoms with E-state index in [2.05, 4.69) is 81.1 Å². The van der Waals surface area contributed by atoms with Crippen LogP contribution in [0.5, 0.6) is 0 Å². The summed E-state index contributed by atoms with van der Waals surface area (Å²) in [7, 11) is 2.12. The molecule has 1 amide bonds. The van der Waals surface area contributed by atoms with E-state index in [9.17, 15) is 34.5 Å². The van der Waals surface area contributed by atoms with Gasteiger partial charge < -0.3 is 44.5 Å². The average molecular weight is 1050 g/mol. The minimum atomic E-state index is -1.02. The van der Waals surface area contributed by atoms with Gasteiger partial charge in [-0.25, -0.2) is 9.59 Å². The molecule has 1 aromatic carbocycles. The van der Waals surface area contributed by atoms with E-state index >= 15 is 0 Å². The number of carboxylic acid groups (broad SMARTS) is 1. The minimum Gasteiger partial charge on any atom is -0.481 e. The molecule has 8 aliphatic rings. The van der Waals surface area contributed by atoms with Gasteiger partial charge in [0.15, 0.2) is 5.78 Å². The molecule has 8 aliphatic carbocycles. The van der Waals surface area contributed by atoms with Gasteiger partial charge >= 0.3 is 18.2 Å². The summed E-state index contributed by atoms with van der Waals surface area (Å²) in [5.74, 6) is 7.41. The molecule has 0 radical (unpaired) electrons. The molecule has 0 aromatic heterocycles. The van der Waals surface area contributed by atoms with E-state index < -0.39 is 47.0 Å². The Bertz CT molecular complexity index is 2470. The summed E-state index contributed by atoms with van der Waals surface area (Å²) in [4.78, 5) is 52.3. The molecule has 0 saturated heterocycles. The lowest BCUT2D eigenvalue weighted by atomic mass is 9.43. The third-order valence-corrected chi connectivity index (χ3v) is 21.5. The molecular weight excluding hydrogens is 961 g/mol. The molecule has 6 saturated carbocycles. The predicted octanol–water partition coefficient (Wildman–Crippen LogP) is 11.3. The van der Waals surface area contributed by atoms with Gasteiger partial charge in [-0.15, -0.1) is 5.92 Å². The topological polar surface area (TPSA) is 181 Å². The monoisotopic (exact) mass is 1050 g/mol. The maximum atomic E-state index is 13.6. The van der Waals surface area contributed by atoms with Crippen LogP contribution in [-0.2, 0) is 28.5 Å². The number of amides is 1. The van der Waals surface area contributed by atoms with Crippen molar-refractivity contribution in [1.82, 2.24) is 5.32 Å². The smallest absolute Gasteiger partial charge is 0.481 e. The van der Waals surface area contributed by atoms with Crippen molar-refractivity contribution < 1.29 is 53.4 Å². The first-order chi connectivity index (χ1) is 36.0. The number of ether oxygens (including phenoxy) is 4. The molecule has 0 bridgehead atoms. The summed E-state index contributed by atoms with van der Waals surface area (Å²) in [5, 5.41) is 36.8. The summed E-state index contributed by atoms with van der Waals surface area (Å²) < 4.78 is 24.2. The molecule has 0 spiro atoms. The van der Waals surface area contributed by atoms with Crippen molar-refractivity contribution in [3.8, 4) is 11.8 Å². The third-order valence-electron chi connectivity index (χ3n) is 21.5. The standard InChI is InChI=1S/C63H90N2O11/c1-10-26-63(72)28-25-49-46-19-15-40-33-43(66)18-20-45(40)55(46)47(37-61(49,63)7)39-13-16-42(17-14-39)65(9)30-32-73-44-24-27-60(6)41(34-44)35-52(75-58(71)74-31-11-29-64-57(70)76-59(3,4)5)56-50-22-21-48(38(2)12-23-54(68)69)62(50,8)53(67)36-51(56)60/h13-14,16-17,33,38,41,44,46-53,56,67,72H,11-12,15,18-25,27-32,34-37H2,1-9H3,(H,64,70)(H,68,69)/t38-,41+,44+,46?,47-,48-,49?,50+,51+,52-,53+,56+,60+,61+,62-,63+/m1/s1. The Hall–Kier alpha value is -4.38. The van der Waals surface area contributed by atoms with Crippen LogP contribution >= 0.6 is 0 Å². The van der Waals surface area contributed by atoms with E-state index in [4.69, 9.17) is 18.9 Å². The number of benzene rings is 1. The lowest BCUT2D eigenvalue weighted by Gasteiger charge is -2.64. The maximum Gasteiger partial charge on any atom is 0.508 e. The number of carboxylic acids is 1. The van der Waals surface area contributed by atoms with E-state index in [0.717, 1.165) is 69.9 Å². The quantitative estimate of drug-likeness (QED) is 0.0743. The number of carbonyl (C=O) groups is 4. The highest BCUT2D eigenvalue weighted by molar-refractivity contribution is 5.93. The Morgan fingerprint density at radius 3 is 2.42 bits per heavy atom. The molecule has 13 nitrogen and oxygen atoms in total. The number of allylic oxidation sites excluding steroid dienone is 4. The zero-order valence-corrected chi connectivity index (χ0v) is 47.2. The second kappa shape index (κ2) is 22.0. The number of rotatable bonds is 15. The number of aliphatic hydroxyl groups is 2. The number of likely N-dealkylation sites (N-methyl/N-ethyl adjacent to an activating group) is 1. The van der Waals surface area contributed by atoms with Gasteiger partial charge in [0.25, 0.3) is 0 Å². The molecule has 76 heavy (non-hydrogen) atoms. The number of alkyl carbamates (subject to hydrolysis) is 1. The van der Waals surface area contributed by atoms with Crippen LogP contribution in [-0.4, -0.2) is 102 Å². The molecule has 0 heterocycles.